The number of halogens is 1. The van der Waals surface area contributed by atoms with Crippen molar-refractivity contribution in [3.8, 4) is 0 Å². The molecule has 22 heavy (non-hydrogen) atoms. The Hall–Kier alpha value is -1.80. The lowest BCUT2D eigenvalue weighted by molar-refractivity contribution is -0.384. The Labute approximate surface area is 136 Å². The van der Waals surface area contributed by atoms with Crippen molar-refractivity contribution in [3.63, 3.8) is 0 Å². The summed E-state index contributed by atoms with van der Waals surface area (Å²) in [4.78, 5) is 28.1. The number of amides is 2. The number of nitrogens with zero attached hydrogens (tertiary/aromatic N) is 3. The normalized spacial score (nSPS) is 16.4. The molecule has 0 saturated carbocycles. The lowest BCUT2D eigenvalue weighted by atomic mass is 10.2. The highest BCUT2D eigenvalue weighted by Gasteiger charge is 2.28. The van der Waals surface area contributed by atoms with E-state index in [9.17, 15) is 14.9 Å². The van der Waals surface area contributed by atoms with Gasteiger partial charge in [-0.15, -0.1) is 0 Å². The first-order valence-corrected chi connectivity index (χ1v) is 7.98. The van der Waals surface area contributed by atoms with E-state index >= 15 is 0 Å². The van der Waals surface area contributed by atoms with Crippen LogP contribution in [0.2, 0.25) is 5.02 Å². The van der Waals surface area contributed by atoms with Gasteiger partial charge in [0.2, 0.25) is 0 Å². The van der Waals surface area contributed by atoms with E-state index in [0.717, 1.165) is 0 Å². The van der Waals surface area contributed by atoms with E-state index in [1.807, 2.05) is 13.8 Å². The zero-order chi connectivity index (χ0) is 16.3. The summed E-state index contributed by atoms with van der Waals surface area (Å²) in [5.41, 5.74) is 0.280. The monoisotopic (exact) mass is 342 g/mol. The number of aliphatic imine (C=N–C) groups is 1. The molecule has 1 fully saturated rings. The third-order valence-electron chi connectivity index (χ3n) is 2.81. The summed E-state index contributed by atoms with van der Waals surface area (Å²) >= 11 is 7.21. The van der Waals surface area contributed by atoms with Gasteiger partial charge in [0.15, 0.2) is 5.17 Å². The number of amidine groups is 1. The van der Waals surface area contributed by atoms with Crippen LogP contribution < -0.4 is 10.2 Å². The van der Waals surface area contributed by atoms with Crippen molar-refractivity contribution in [1.29, 1.82) is 0 Å². The second-order valence-corrected chi connectivity index (χ2v) is 6.39. The molecule has 1 aromatic rings. The molecule has 1 aliphatic rings. The molecule has 1 aromatic carbocycles. The molecular weight excluding hydrogens is 328 g/mol. The average Bonchev–Trinajstić information content (AvgIpc) is 2.85. The Morgan fingerprint density at radius 2 is 2.27 bits per heavy atom. The summed E-state index contributed by atoms with van der Waals surface area (Å²) in [5, 5.41) is 14.6. The number of hydrogen-bond donors (Lipinski definition) is 1. The van der Waals surface area contributed by atoms with Crippen LogP contribution in [0, 0.1) is 10.1 Å². The molecular formula is C13H15ClN4O3S. The molecule has 0 aromatic heterocycles. The number of anilines is 1. The summed E-state index contributed by atoms with van der Waals surface area (Å²) < 4.78 is 0. The number of urea groups is 1. The first-order valence-electron chi connectivity index (χ1n) is 6.62. The van der Waals surface area contributed by atoms with Crippen LogP contribution in [0.15, 0.2) is 23.2 Å². The fraction of sp³-hybridized carbons (Fsp3) is 0.385. The van der Waals surface area contributed by atoms with Gasteiger partial charge in [0.1, 0.15) is 5.69 Å². The molecule has 2 rings (SSSR count). The number of nitrogens with one attached hydrogen (secondary N) is 1. The highest BCUT2D eigenvalue weighted by atomic mass is 35.5. The van der Waals surface area contributed by atoms with Gasteiger partial charge in [-0.05, 0) is 26.0 Å². The van der Waals surface area contributed by atoms with Crippen LogP contribution in [-0.2, 0) is 0 Å². The predicted molar refractivity (Wildman–Crippen MR) is 89.0 cm³/mol. The summed E-state index contributed by atoms with van der Waals surface area (Å²) in [6.07, 6.45) is 0. The molecule has 0 radical (unpaired) electrons. The second kappa shape index (κ2) is 6.97. The molecule has 118 valence electrons. The fourth-order valence-corrected chi connectivity index (χ4v) is 3.07. The molecule has 1 heterocycles. The number of carbonyl (C=O) groups excluding carboxylic acids is 1. The smallest absolute Gasteiger partial charge is 0.334 e. The number of carbonyl (C=O) groups is 1. The Morgan fingerprint density at radius 1 is 1.55 bits per heavy atom. The zero-order valence-corrected chi connectivity index (χ0v) is 13.6. The highest BCUT2D eigenvalue weighted by molar-refractivity contribution is 8.14. The van der Waals surface area contributed by atoms with Crippen molar-refractivity contribution >= 4 is 45.9 Å². The minimum absolute atomic E-state index is 0.0263. The lowest BCUT2D eigenvalue weighted by Gasteiger charge is -2.18. The maximum Gasteiger partial charge on any atom is 0.343 e. The molecule has 1 aliphatic heterocycles. The van der Waals surface area contributed by atoms with E-state index in [1.165, 1.54) is 17.8 Å². The van der Waals surface area contributed by atoms with E-state index in [4.69, 9.17) is 11.6 Å². The van der Waals surface area contributed by atoms with Gasteiger partial charge < -0.3 is 10.2 Å². The van der Waals surface area contributed by atoms with E-state index in [1.54, 1.807) is 17.0 Å². The average molecular weight is 343 g/mol. The van der Waals surface area contributed by atoms with Gasteiger partial charge in [0.05, 0.1) is 4.92 Å². The topological polar surface area (TPSA) is 87.8 Å². The van der Waals surface area contributed by atoms with Crippen LogP contribution in [0.25, 0.3) is 0 Å². The second-order valence-electron chi connectivity index (χ2n) is 4.89. The number of benzene rings is 1. The van der Waals surface area contributed by atoms with Gasteiger partial charge in [-0.25, -0.2) is 4.79 Å². The van der Waals surface area contributed by atoms with E-state index in [0.29, 0.717) is 28.2 Å². The molecule has 0 aliphatic carbocycles. The van der Waals surface area contributed by atoms with Crippen molar-refractivity contribution in [2.24, 2.45) is 4.99 Å². The summed E-state index contributed by atoms with van der Waals surface area (Å²) in [6.45, 7) is 4.21. The number of rotatable bonds is 3. The van der Waals surface area contributed by atoms with Gasteiger partial charge in [0.25, 0.3) is 5.69 Å². The van der Waals surface area contributed by atoms with Crippen LogP contribution >= 0.6 is 23.4 Å². The van der Waals surface area contributed by atoms with Crippen molar-refractivity contribution in [3.05, 3.63) is 33.3 Å². The molecule has 9 heteroatoms. The number of hydrogen-bond acceptors (Lipinski definition) is 4. The van der Waals surface area contributed by atoms with Crippen molar-refractivity contribution < 1.29 is 9.72 Å². The molecule has 1 N–H and O–H groups in total. The maximum atomic E-state index is 11.8. The molecule has 0 unspecified atom stereocenters. The summed E-state index contributed by atoms with van der Waals surface area (Å²) in [7, 11) is 0. The molecule has 0 spiro atoms. The predicted octanol–water partition coefficient (Wildman–Crippen LogP) is 3.28. The summed E-state index contributed by atoms with van der Waals surface area (Å²) in [5.74, 6) is 0.702. The van der Waals surface area contributed by atoms with Gasteiger partial charge >= 0.3 is 6.03 Å². The van der Waals surface area contributed by atoms with Gasteiger partial charge in [-0.3, -0.25) is 10.1 Å². The fourth-order valence-electron chi connectivity index (χ4n) is 1.96. The molecule has 1 saturated heterocycles. The maximum absolute atomic E-state index is 11.8. The first kappa shape index (κ1) is 16.6. The third-order valence-corrected chi connectivity index (χ3v) is 4.00. The van der Waals surface area contributed by atoms with Gasteiger partial charge in [-0.2, -0.15) is 4.99 Å². The third kappa shape index (κ3) is 3.89. The Balaban J connectivity index is 2.33. The minimum atomic E-state index is -0.490. The van der Waals surface area contributed by atoms with Crippen LogP contribution in [0.5, 0.6) is 0 Å². The van der Waals surface area contributed by atoms with Crippen molar-refractivity contribution in [1.82, 2.24) is 5.32 Å². The SMILES string of the molecule is CC(C)NC(=O)N=C1SCCN1c1ccc(Cl)cc1[N+](=O)[O-]. The minimum Gasteiger partial charge on any atom is -0.334 e. The molecule has 0 bridgehead atoms. The highest BCUT2D eigenvalue weighted by Crippen LogP contribution is 2.35. The molecule has 0 atom stereocenters. The largest absolute Gasteiger partial charge is 0.343 e. The lowest BCUT2D eigenvalue weighted by Crippen LogP contribution is -2.31. The Kier molecular flexibility index (Phi) is 5.25. The number of thioether (sulfide) groups is 1. The van der Waals surface area contributed by atoms with Crippen LogP contribution in [0.4, 0.5) is 16.2 Å². The molecule has 7 nitrogen and oxygen atoms in total. The van der Waals surface area contributed by atoms with Crippen LogP contribution in [0.1, 0.15) is 13.8 Å². The van der Waals surface area contributed by atoms with E-state index in [-0.39, 0.29) is 11.7 Å². The van der Waals surface area contributed by atoms with E-state index < -0.39 is 11.0 Å². The number of nitro groups is 1. The quantitative estimate of drug-likeness (QED) is 0.672. The van der Waals surface area contributed by atoms with Gasteiger partial charge in [-0.1, -0.05) is 23.4 Å². The van der Waals surface area contributed by atoms with Crippen molar-refractivity contribution in [2.75, 3.05) is 17.2 Å². The number of nitro benzene ring substituents is 1. The van der Waals surface area contributed by atoms with Crippen LogP contribution in [-0.4, -0.2) is 34.5 Å². The van der Waals surface area contributed by atoms with Gasteiger partial charge in [0, 0.05) is 29.4 Å². The summed E-state index contributed by atoms with van der Waals surface area (Å²) in [6, 6.07) is 3.97. The first-order chi connectivity index (χ1) is 10.4. The zero-order valence-electron chi connectivity index (χ0n) is 12.1. The Morgan fingerprint density at radius 3 is 2.91 bits per heavy atom. The van der Waals surface area contributed by atoms with E-state index in [2.05, 4.69) is 10.3 Å². The molecule has 2 amide bonds. The van der Waals surface area contributed by atoms with Crippen LogP contribution in [0.3, 0.4) is 0 Å². The Bertz CT molecular complexity index is 636. The standard InChI is InChI=1S/C13H15ClN4O3S/c1-8(2)15-12(19)16-13-17(5-6-22-13)10-4-3-9(14)7-11(10)18(20)21/h3-4,7-8H,5-6H2,1-2H3,(H,15,19). The van der Waals surface area contributed by atoms with Crippen molar-refractivity contribution in [2.45, 2.75) is 19.9 Å².